The van der Waals surface area contributed by atoms with E-state index in [0.29, 0.717) is 11.1 Å². The van der Waals surface area contributed by atoms with E-state index in [0.717, 1.165) is 0 Å². The van der Waals surface area contributed by atoms with Crippen LogP contribution in [0.15, 0.2) is 49.1 Å². The molecule has 0 spiro atoms. The Hall–Kier alpha value is -1.82. The fraction of sp³-hybridized carbons (Fsp3) is 0. The summed E-state index contributed by atoms with van der Waals surface area (Å²) in [6.45, 7) is 0. The number of carbonyl (C=O) groups excluding carboxylic acids is 2. The van der Waals surface area contributed by atoms with Crippen LogP contribution in [0.25, 0.3) is 0 Å². The zero-order valence-electron chi connectivity index (χ0n) is 9.85. The first-order valence-corrected chi connectivity index (χ1v) is 9.90. The van der Waals surface area contributed by atoms with E-state index in [2.05, 4.69) is 9.97 Å². The molecule has 0 aliphatic carbocycles. The third-order valence-corrected chi connectivity index (χ3v) is 5.13. The van der Waals surface area contributed by atoms with Gasteiger partial charge in [0.25, 0.3) is 0 Å². The fourth-order valence-electron chi connectivity index (χ4n) is 1.27. The van der Waals surface area contributed by atoms with Crippen LogP contribution in [0, 0.1) is 0 Å². The van der Waals surface area contributed by atoms with E-state index < -0.39 is 37.4 Å². The standard InChI is InChI=1S/2C6H5NO2.Hg/c2*8-6(9)5-2-1-3-7-4-5;/h2*1-4H,(H,8,9);/q;;+2/p-2. The molecule has 0 aliphatic rings. The van der Waals surface area contributed by atoms with Crippen molar-refractivity contribution in [3.05, 3.63) is 60.2 Å². The molecule has 0 unspecified atom stereocenters. The van der Waals surface area contributed by atoms with Gasteiger partial charge in [0.15, 0.2) is 0 Å². The van der Waals surface area contributed by atoms with Crippen LogP contribution in [-0.4, -0.2) is 21.9 Å². The van der Waals surface area contributed by atoms with Gasteiger partial charge in [0.05, 0.1) is 0 Å². The Bertz CT molecular complexity index is 511. The summed E-state index contributed by atoms with van der Waals surface area (Å²) in [4.78, 5) is 30.7. The van der Waals surface area contributed by atoms with Gasteiger partial charge < -0.3 is 0 Å². The van der Waals surface area contributed by atoms with E-state index in [4.69, 9.17) is 5.29 Å². The Kier molecular flexibility index (Phi) is 4.97. The van der Waals surface area contributed by atoms with Crippen LogP contribution in [-0.2, 0) is 30.8 Å². The molecule has 7 heteroatoms. The van der Waals surface area contributed by atoms with E-state index in [1.54, 1.807) is 36.7 Å². The van der Waals surface area contributed by atoms with Gasteiger partial charge in [-0.25, -0.2) is 0 Å². The summed E-state index contributed by atoms with van der Waals surface area (Å²) in [7, 11) is 0. The number of carbonyl (C=O) groups is 2. The van der Waals surface area contributed by atoms with Gasteiger partial charge in [-0.2, -0.15) is 0 Å². The second kappa shape index (κ2) is 6.94. The van der Waals surface area contributed by atoms with E-state index in [9.17, 15) is 9.59 Å². The predicted octanol–water partition coefficient (Wildman–Crippen LogP) is 1.40. The van der Waals surface area contributed by atoms with Crippen molar-refractivity contribution >= 4 is 11.9 Å². The Morgan fingerprint density at radius 2 is 1.37 bits per heavy atom. The molecule has 2 heterocycles. The average molecular weight is 445 g/mol. The molecule has 0 saturated heterocycles. The van der Waals surface area contributed by atoms with Crippen molar-refractivity contribution in [1.82, 2.24) is 9.97 Å². The summed E-state index contributed by atoms with van der Waals surface area (Å²) in [5.74, 6) is -1.01. The summed E-state index contributed by atoms with van der Waals surface area (Å²) >= 11 is -2.49. The van der Waals surface area contributed by atoms with Gasteiger partial charge in [-0.05, 0) is 0 Å². The van der Waals surface area contributed by atoms with E-state index in [1.807, 2.05) is 0 Å². The normalized spacial score (nSPS) is 9.26. The van der Waals surface area contributed by atoms with Crippen molar-refractivity contribution in [3.8, 4) is 0 Å². The molecule has 0 aliphatic heterocycles. The van der Waals surface area contributed by atoms with Gasteiger partial charge in [0.2, 0.25) is 0 Å². The molecule has 19 heavy (non-hydrogen) atoms. The first-order chi connectivity index (χ1) is 9.27. The van der Waals surface area contributed by atoms with Crippen molar-refractivity contribution < 1.29 is 40.4 Å². The molecule has 6 nitrogen and oxygen atoms in total. The average Bonchev–Trinajstić information content (AvgIpc) is 2.49. The molecule has 0 aromatic carbocycles. The van der Waals surface area contributed by atoms with Crippen LogP contribution in [0.4, 0.5) is 0 Å². The second-order valence-corrected chi connectivity index (χ2v) is 6.63. The number of pyridine rings is 2. The SMILES string of the molecule is O=C([O][Hg][O]C(=O)c1cccnc1)c1cccnc1. The predicted molar refractivity (Wildman–Crippen MR) is 59.3 cm³/mol. The molecule has 0 atom stereocenters. The van der Waals surface area contributed by atoms with Crippen molar-refractivity contribution in [2.24, 2.45) is 0 Å². The van der Waals surface area contributed by atoms with Gasteiger partial charge in [-0.15, -0.1) is 0 Å². The van der Waals surface area contributed by atoms with Gasteiger partial charge in [0, 0.05) is 0 Å². The third-order valence-electron chi connectivity index (χ3n) is 2.17. The molecule has 0 N–H and O–H groups in total. The summed E-state index contributed by atoms with van der Waals surface area (Å²) in [6, 6.07) is 6.45. The molecule has 2 aromatic rings. The Morgan fingerprint density at radius 1 is 0.895 bits per heavy atom. The monoisotopic (exact) mass is 446 g/mol. The Balaban J connectivity index is 1.81. The summed E-state index contributed by atoms with van der Waals surface area (Å²) in [5.41, 5.74) is 0.694. The van der Waals surface area contributed by atoms with Crippen molar-refractivity contribution in [3.63, 3.8) is 0 Å². The van der Waals surface area contributed by atoms with Crippen LogP contribution in [0.3, 0.4) is 0 Å². The number of nitrogens with zero attached hydrogens (tertiary/aromatic N) is 2. The maximum atomic E-state index is 11.6. The van der Waals surface area contributed by atoms with Crippen molar-refractivity contribution in [1.29, 1.82) is 0 Å². The molecule has 0 radical (unpaired) electrons. The van der Waals surface area contributed by atoms with Crippen LogP contribution in [0.5, 0.6) is 0 Å². The summed E-state index contributed by atoms with van der Waals surface area (Å²) in [6.07, 6.45) is 5.92. The number of rotatable bonds is 4. The molecule has 2 aromatic heterocycles. The molecule has 0 fully saturated rings. The van der Waals surface area contributed by atoms with Gasteiger partial charge in [-0.3, -0.25) is 0 Å². The molecule has 0 bridgehead atoms. The van der Waals surface area contributed by atoms with Crippen LogP contribution < -0.4 is 0 Å². The molecular formula is C12H8HgN2O4. The van der Waals surface area contributed by atoms with Gasteiger partial charge in [0.1, 0.15) is 0 Å². The van der Waals surface area contributed by atoms with Gasteiger partial charge >= 0.3 is 122 Å². The van der Waals surface area contributed by atoms with Crippen LogP contribution in [0.1, 0.15) is 20.7 Å². The number of hydrogen-bond acceptors (Lipinski definition) is 6. The first-order valence-electron chi connectivity index (χ1n) is 5.41. The minimum absolute atomic E-state index is 0.347. The van der Waals surface area contributed by atoms with Crippen LogP contribution >= 0.6 is 0 Å². The molecule has 2 rings (SSSR count). The number of hydrogen-bond donors (Lipinski definition) is 0. The second-order valence-electron chi connectivity index (χ2n) is 3.46. The molecule has 0 amide bonds. The van der Waals surface area contributed by atoms with Crippen molar-refractivity contribution in [2.45, 2.75) is 0 Å². The fourth-order valence-corrected chi connectivity index (χ4v) is 3.63. The van der Waals surface area contributed by atoms with Crippen molar-refractivity contribution in [2.75, 3.05) is 0 Å². The Labute approximate surface area is 122 Å². The molecular weight excluding hydrogens is 437 g/mol. The Morgan fingerprint density at radius 3 is 1.74 bits per heavy atom. The van der Waals surface area contributed by atoms with E-state index in [-0.39, 0.29) is 0 Å². The third kappa shape index (κ3) is 4.09. The minimum atomic E-state index is -2.49. The van der Waals surface area contributed by atoms with E-state index in [1.165, 1.54) is 12.4 Å². The molecule has 0 saturated carbocycles. The zero-order valence-corrected chi connectivity index (χ0v) is 15.4. The topological polar surface area (TPSA) is 78.4 Å². The zero-order chi connectivity index (χ0) is 13.5. The first kappa shape index (κ1) is 13.6. The van der Waals surface area contributed by atoms with Gasteiger partial charge in [-0.1, -0.05) is 0 Å². The number of aromatic nitrogens is 2. The summed E-state index contributed by atoms with van der Waals surface area (Å²) in [5, 5.41) is 0. The quantitative estimate of drug-likeness (QED) is 0.663. The van der Waals surface area contributed by atoms with E-state index >= 15 is 0 Å². The van der Waals surface area contributed by atoms with Crippen LogP contribution in [0.2, 0.25) is 0 Å². The summed E-state index contributed by atoms with van der Waals surface area (Å²) < 4.78 is 10.0. The molecule has 92 valence electrons. The maximum absolute atomic E-state index is 11.6.